The van der Waals surface area contributed by atoms with Gasteiger partial charge in [-0.1, -0.05) is 34.6 Å². The van der Waals surface area contributed by atoms with E-state index in [4.69, 9.17) is 0 Å². The normalized spacial score (nSPS) is 15.2. The SMILES string of the molecule is CCC(C)(CC(C)(C)C)C(=O)Nc1ccc(S(C)(=O)=O)cc1. The van der Waals surface area contributed by atoms with E-state index in [0.717, 1.165) is 19.1 Å². The molecule has 0 aliphatic heterocycles. The van der Waals surface area contributed by atoms with Crippen molar-refractivity contribution in [3.05, 3.63) is 24.3 Å². The van der Waals surface area contributed by atoms with Crippen molar-refractivity contribution in [3.8, 4) is 0 Å². The largest absolute Gasteiger partial charge is 0.326 e. The minimum Gasteiger partial charge on any atom is -0.326 e. The van der Waals surface area contributed by atoms with Gasteiger partial charge in [0.15, 0.2) is 9.84 Å². The fourth-order valence-corrected chi connectivity index (χ4v) is 3.23. The predicted octanol–water partition coefficient (Wildman–Crippen LogP) is 3.88. The van der Waals surface area contributed by atoms with Crippen LogP contribution >= 0.6 is 0 Å². The minimum atomic E-state index is -3.22. The Balaban J connectivity index is 2.91. The Labute approximate surface area is 134 Å². The van der Waals surface area contributed by atoms with Crippen molar-refractivity contribution >= 4 is 21.4 Å². The molecule has 1 aromatic rings. The average Bonchev–Trinajstić information content (AvgIpc) is 2.36. The van der Waals surface area contributed by atoms with Gasteiger partial charge in [-0.3, -0.25) is 4.79 Å². The first-order chi connectivity index (χ1) is 9.87. The van der Waals surface area contributed by atoms with Crippen LogP contribution in [0.25, 0.3) is 0 Å². The molecule has 124 valence electrons. The summed E-state index contributed by atoms with van der Waals surface area (Å²) in [6.45, 7) is 10.3. The first-order valence-electron chi connectivity index (χ1n) is 7.49. The molecule has 1 N–H and O–H groups in total. The lowest BCUT2D eigenvalue weighted by molar-refractivity contribution is -0.126. The fourth-order valence-electron chi connectivity index (χ4n) is 2.60. The maximum Gasteiger partial charge on any atom is 0.230 e. The molecular formula is C17H27NO3S. The number of hydrogen-bond acceptors (Lipinski definition) is 3. The highest BCUT2D eigenvalue weighted by Gasteiger charge is 2.35. The van der Waals surface area contributed by atoms with Gasteiger partial charge in [-0.2, -0.15) is 0 Å². The smallest absolute Gasteiger partial charge is 0.230 e. The monoisotopic (exact) mass is 325 g/mol. The second kappa shape index (κ2) is 6.41. The number of carbonyl (C=O) groups is 1. The van der Waals surface area contributed by atoms with Crippen molar-refractivity contribution in [3.63, 3.8) is 0 Å². The second-order valence-electron chi connectivity index (χ2n) is 7.40. The molecule has 0 fully saturated rings. The van der Waals surface area contributed by atoms with Gasteiger partial charge < -0.3 is 5.32 Å². The van der Waals surface area contributed by atoms with E-state index in [2.05, 4.69) is 26.1 Å². The number of rotatable bonds is 5. The molecule has 1 atom stereocenters. The zero-order valence-corrected chi connectivity index (χ0v) is 15.2. The van der Waals surface area contributed by atoms with E-state index in [9.17, 15) is 13.2 Å². The molecule has 1 unspecified atom stereocenters. The lowest BCUT2D eigenvalue weighted by Crippen LogP contribution is -2.36. The van der Waals surface area contributed by atoms with E-state index in [1.807, 2.05) is 13.8 Å². The van der Waals surface area contributed by atoms with Gasteiger partial charge in [0, 0.05) is 17.4 Å². The number of sulfone groups is 1. The molecule has 0 aliphatic carbocycles. The number of benzene rings is 1. The van der Waals surface area contributed by atoms with Crippen LogP contribution in [0.5, 0.6) is 0 Å². The molecule has 0 aliphatic rings. The molecule has 0 radical (unpaired) electrons. The van der Waals surface area contributed by atoms with Crippen LogP contribution in [0.2, 0.25) is 0 Å². The summed E-state index contributed by atoms with van der Waals surface area (Å²) in [5, 5.41) is 2.90. The molecule has 0 saturated carbocycles. The topological polar surface area (TPSA) is 63.2 Å². The Morgan fingerprint density at radius 3 is 1.95 bits per heavy atom. The van der Waals surface area contributed by atoms with Crippen molar-refractivity contribution in [2.75, 3.05) is 11.6 Å². The molecule has 0 saturated heterocycles. The van der Waals surface area contributed by atoms with Gasteiger partial charge in [-0.25, -0.2) is 8.42 Å². The van der Waals surface area contributed by atoms with Gasteiger partial charge in [0.25, 0.3) is 0 Å². The number of hydrogen-bond donors (Lipinski definition) is 1. The van der Waals surface area contributed by atoms with Crippen LogP contribution in [0.1, 0.15) is 47.5 Å². The first-order valence-corrected chi connectivity index (χ1v) is 9.38. The highest BCUT2D eigenvalue weighted by Crippen LogP contribution is 2.37. The van der Waals surface area contributed by atoms with Crippen LogP contribution in [0.3, 0.4) is 0 Å². The summed E-state index contributed by atoms with van der Waals surface area (Å²) >= 11 is 0. The molecule has 1 amide bonds. The van der Waals surface area contributed by atoms with Crippen LogP contribution in [0.4, 0.5) is 5.69 Å². The van der Waals surface area contributed by atoms with Gasteiger partial charge >= 0.3 is 0 Å². The molecule has 0 spiro atoms. The molecule has 1 aromatic carbocycles. The van der Waals surface area contributed by atoms with Crippen molar-refractivity contribution in [1.29, 1.82) is 0 Å². The molecule has 4 nitrogen and oxygen atoms in total. The van der Waals surface area contributed by atoms with E-state index in [0.29, 0.717) is 5.69 Å². The Morgan fingerprint density at radius 2 is 1.59 bits per heavy atom. The van der Waals surface area contributed by atoms with Gasteiger partial charge in [-0.05, 0) is 42.5 Å². The number of amides is 1. The van der Waals surface area contributed by atoms with Crippen molar-refractivity contribution < 1.29 is 13.2 Å². The molecule has 1 rings (SSSR count). The summed E-state index contributed by atoms with van der Waals surface area (Å²) < 4.78 is 22.9. The molecule has 22 heavy (non-hydrogen) atoms. The predicted molar refractivity (Wildman–Crippen MR) is 90.7 cm³/mol. The molecule has 0 heterocycles. The van der Waals surface area contributed by atoms with E-state index in [1.165, 1.54) is 12.1 Å². The van der Waals surface area contributed by atoms with Crippen LogP contribution in [-0.4, -0.2) is 20.6 Å². The maximum absolute atomic E-state index is 12.6. The highest BCUT2D eigenvalue weighted by atomic mass is 32.2. The number of carbonyl (C=O) groups excluding carboxylic acids is 1. The standard InChI is InChI=1S/C17H27NO3S/c1-7-17(5,12-16(2,3)4)15(19)18-13-8-10-14(11-9-13)22(6,20)21/h8-11H,7,12H2,1-6H3,(H,18,19). The maximum atomic E-state index is 12.6. The minimum absolute atomic E-state index is 0.0305. The van der Waals surface area contributed by atoms with E-state index >= 15 is 0 Å². The summed E-state index contributed by atoms with van der Waals surface area (Å²) in [4.78, 5) is 12.8. The van der Waals surface area contributed by atoms with Crippen LogP contribution in [-0.2, 0) is 14.6 Å². The second-order valence-corrected chi connectivity index (χ2v) is 9.42. The zero-order chi connectivity index (χ0) is 17.2. The third-order valence-corrected chi connectivity index (χ3v) is 4.92. The van der Waals surface area contributed by atoms with Crippen molar-refractivity contribution in [2.45, 2.75) is 52.4 Å². The van der Waals surface area contributed by atoms with Crippen molar-refractivity contribution in [2.24, 2.45) is 10.8 Å². The summed E-state index contributed by atoms with van der Waals surface area (Å²) in [6.07, 6.45) is 2.69. The average molecular weight is 325 g/mol. The molecule has 0 aromatic heterocycles. The molecule has 5 heteroatoms. The van der Waals surface area contributed by atoms with E-state index in [1.54, 1.807) is 12.1 Å². The number of anilines is 1. The van der Waals surface area contributed by atoms with Gasteiger partial charge in [0.05, 0.1) is 4.90 Å². The summed E-state index contributed by atoms with van der Waals surface area (Å²) in [5.74, 6) is -0.0305. The quantitative estimate of drug-likeness (QED) is 0.893. The highest BCUT2D eigenvalue weighted by molar-refractivity contribution is 7.90. The fraction of sp³-hybridized carbons (Fsp3) is 0.588. The Hall–Kier alpha value is -1.36. The van der Waals surface area contributed by atoms with Gasteiger partial charge in [0.2, 0.25) is 5.91 Å². The molecule has 0 bridgehead atoms. The van der Waals surface area contributed by atoms with Gasteiger partial charge in [0.1, 0.15) is 0 Å². The van der Waals surface area contributed by atoms with Crippen LogP contribution in [0, 0.1) is 10.8 Å². The van der Waals surface area contributed by atoms with E-state index in [-0.39, 0.29) is 16.2 Å². The van der Waals surface area contributed by atoms with Crippen LogP contribution < -0.4 is 5.32 Å². The Bertz CT molecular complexity index is 627. The molecular weight excluding hydrogens is 298 g/mol. The lowest BCUT2D eigenvalue weighted by Gasteiger charge is -2.33. The third-order valence-electron chi connectivity index (χ3n) is 3.79. The summed E-state index contributed by atoms with van der Waals surface area (Å²) in [5.41, 5.74) is 0.224. The summed E-state index contributed by atoms with van der Waals surface area (Å²) in [7, 11) is -3.22. The first kappa shape index (κ1) is 18.7. The zero-order valence-electron chi connectivity index (χ0n) is 14.4. The summed E-state index contributed by atoms with van der Waals surface area (Å²) in [6, 6.07) is 6.28. The lowest BCUT2D eigenvalue weighted by atomic mass is 9.73. The van der Waals surface area contributed by atoms with E-state index < -0.39 is 15.3 Å². The van der Waals surface area contributed by atoms with Crippen molar-refractivity contribution in [1.82, 2.24) is 0 Å². The Morgan fingerprint density at radius 1 is 1.09 bits per heavy atom. The Kier molecular flexibility index (Phi) is 5.44. The van der Waals surface area contributed by atoms with Crippen LogP contribution in [0.15, 0.2) is 29.2 Å². The third kappa shape index (κ3) is 5.13. The number of nitrogens with one attached hydrogen (secondary N) is 1. The van der Waals surface area contributed by atoms with Gasteiger partial charge in [-0.15, -0.1) is 0 Å².